The molecule has 0 fully saturated rings. The van der Waals surface area contributed by atoms with Crippen LogP contribution in [-0.2, 0) is 26.0 Å². The van der Waals surface area contributed by atoms with E-state index in [0.717, 1.165) is 28.6 Å². The van der Waals surface area contributed by atoms with Crippen LogP contribution in [0.5, 0.6) is 5.75 Å². The van der Waals surface area contributed by atoms with Crippen LogP contribution in [0.1, 0.15) is 26.3 Å². The highest BCUT2D eigenvalue weighted by molar-refractivity contribution is 7.92. The molecule has 2 atom stereocenters. The van der Waals surface area contributed by atoms with Crippen LogP contribution in [0.4, 0.5) is 23.2 Å². The molecule has 0 saturated heterocycles. The summed E-state index contributed by atoms with van der Waals surface area (Å²) in [5.41, 5.74) is 4.86. The highest BCUT2D eigenvalue weighted by atomic mass is 32.2. The van der Waals surface area contributed by atoms with Crippen LogP contribution in [0, 0.1) is 5.82 Å². The molecule has 12 heteroatoms. The summed E-state index contributed by atoms with van der Waals surface area (Å²) in [6.07, 6.45) is -6.79. The monoisotopic (exact) mass is 504 g/mol. The number of rotatable bonds is 5. The highest BCUT2D eigenvalue weighted by Crippen LogP contribution is 2.40. The first-order valence-electron chi connectivity index (χ1n) is 10.2. The number of anilines is 1. The van der Waals surface area contributed by atoms with Crippen molar-refractivity contribution in [2.45, 2.75) is 56.0 Å². The predicted octanol–water partition coefficient (Wildman–Crippen LogP) is 3.56. The molecule has 2 unspecified atom stereocenters. The zero-order chi connectivity index (χ0) is 25.5. The van der Waals surface area contributed by atoms with E-state index in [1.165, 1.54) is 18.2 Å². The number of fused-ring (bicyclic) bond motifs is 1. The summed E-state index contributed by atoms with van der Waals surface area (Å²) in [5, 5.41) is 0. The van der Waals surface area contributed by atoms with Crippen LogP contribution in [0.3, 0.4) is 0 Å². The van der Waals surface area contributed by atoms with Crippen LogP contribution in [-0.4, -0.2) is 44.9 Å². The highest BCUT2D eigenvalue weighted by Gasteiger charge is 2.47. The fourth-order valence-electron chi connectivity index (χ4n) is 3.33. The van der Waals surface area contributed by atoms with E-state index in [1.54, 1.807) is 20.8 Å². The maximum absolute atomic E-state index is 13.3. The Morgan fingerprint density at radius 1 is 1.18 bits per heavy atom. The molecule has 0 bridgehead atoms. The van der Waals surface area contributed by atoms with Gasteiger partial charge in [0.05, 0.1) is 23.5 Å². The zero-order valence-corrected chi connectivity index (χ0v) is 19.4. The Balaban J connectivity index is 2.04. The molecule has 0 aliphatic carbocycles. The Kier molecular flexibility index (Phi) is 6.87. The number of carbonyl (C=O) groups excluding carboxylic acids is 1. The van der Waals surface area contributed by atoms with Crippen molar-refractivity contribution in [1.82, 2.24) is 0 Å². The molecule has 2 N–H and O–H groups in total. The molecule has 0 aromatic heterocycles. The van der Waals surface area contributed by atoms with Gasteiger partial charge in [-0.15, -0.1) is 0 Å². The van der Waals surface area contributed by atoms with E-state index >= 15 is 0 Å². The average molecular weight is 505 g/mol. The number of esters is 1. The van der Waals surface area contributed by atoms with E-state index in [-0.39, 0.29) is 22.8 Å². The molecule has 2 aromatic rings. The molecule has 2 aromatic carbocycles. The van der Waals surface area contributed by atoms with E-state index < -0.39 is 52.3 Å². The van der Waals surface area contributed by atoms with Crippen molar-refractivity contribution in [3.05, 3.63) is 53.8 Å². The van der Waals surface area contributed by atoms with E-state index in [9.17, 15) is 30.8 Å². The number of alkyl halides is 3. The lowest BCUT2D eigenvalue weighted by atomic mass is 10.1. The minimum absolute atomic E-state index is 0.0731. The summed E-state index contributed by atoms with van der Waals surface area (Å²) in [6, 6.07) is 5.41. The molecule has 1 heterocycles. The summed E-state index contributed by atoms with van der Waals surface area (Å²) < 4.78 is 91.2. The molecule has 0 amide bonds. The van der Waals surface area contributed by atoms with Gasteiger partial charge in [0, 0.05) is 0 Å². The first kappa shape index (κ1) is 25.8. The number of sulfonamides is 1. The predicted molar refractivity (Wildman–Crippen MR) is 115 cm³/mol. The van der Waals surface area contributed by atoms with E-state index in [1.807, 2.05) is 0 Å². The molecule has 3 rings (SSSR count). The van der Waals surface area contributed by atoms with Gasteiger partial charge in [0.25, 0.3) is 10.0 Å². The first-order valence-corrected chi connectivity index (χ1v) is 11.6. The molecule has 34 heavy (non-hydrogen) atoms. The summed E-state index contributed by atoms with van der Waals surface area (Å²) in [5.74, 6) is -1.42. The van der Waals surface area contributed by atoms with Gasteiger partial charge in [0.15, 0.2) is 0 Å². The number of hydrogen-bond acceptors (Lipinski definition) is 6. The van der Waals surface area contributed by atoms with Gasteiger partial charge in [-0.05, 0) is 62.7 Å². The molecule has 0 saturated carbocycles. The van der Waals surface area contributed by atoms with Gasteiger partial charge in [0.1, 0.15) is 29.3 Å². The zero-order valence-electron chi connectivity index (χ0n) is 18.6. The van der Waals surface area contributed by atoms with Crippen LogP contribution >= 0.6 is 0 Å². The normalized spacial score (nSPS) is 17.5. The number of ether oxygens (including phenoxy) is 2. The van der Waals surface area contributed by atoms with Gasteiger partial charge in [-0.3, -0.25) is 9.10 Å². The standard InChI is InChI=1S/C22H24F4N2O5S/c1-21(2,3)33-19(29)11-13-4-9-17-16(10-13)28(12-18(32-17)20(27)22(24,25)26)34(30,31)15-7-5-14(23)6-8-15/h4-10,18,20H,11-12,27H2,1-3H3. The Labute approximate surface area is 194 Å². The lowest BCUT2D eigenvalue weighted by molar-refractivity contribution is -0.165. The van der Waals surface area contributed by atoms with Crippen molar-refractivity contribution in [3.8, 4) is 5.75 Å². The van der Waals surface area contributed by atoms with E-state index in [2.05, 4.69) is 0 Å². The van der Waals surface area contributed by atoms with Crippen molar-refractivity contribution >= 4 is 21.7 Å². The molecular weight excluding hydrogens is 480 g/mol. The third-order valence-electron chi connectivity index (χ3n) is 4.86. The summed E-state index contributed by atoms with van der Waals surface area (Å²) >= 11 is 0. The van der Waals surface area contributed by atoms with E-state index in [4.69, 9.17) is 15.2 Å². The van der Waals surface area contributed by atoms with Gasteiger partial charge in [-0.2, -0.15) is 13.2 Å². The van der Waals surface area contributed by atoms with Gasteiger partial charge in [-0.25, -0.2) is 12.8 Å². The van der Waals surface area contributed by atoms with Crippen molar-refractivity contribution < 1.29 is 40.2 Å². The number of halogens is 4. The maximum Gasteiger partial charge on any atom is 0.407 e. The minimum Gasteiger partial charge on any atom is -0.484 e. The fourth-order valence-corrected chi connectivity index (χ4v) is 4.81. The Hall–Kier alpha value is -2.86. The minimum atomic E-state index is -4.84. The quantitative estimate of drug-likeness (QED) is 0.494. The average Bonchev–Trinajstić information content (AvgIpc) is 2.70. The van der Waals surface area contributed by atoms with Crippen molar-refractivity contribution in [1.29, 1.82) is 0 Å². The fraction of sp³-hybridized carbons (Fsp3) is 0.409. The second-order valence-electron chi connectivity index (χ2n) is 8.78. The Bertz CT molecular complexity index is 1160. The van der Waals surface area contributed by atoms with Crippen molar-refractivity contribution in [3.63, 3.8) is 0 Å². The van der Waals surface area contributed by atoms with E-state index in [0.29, 0.717) is 5.56 Å². The Morgan fingerprint density at radius 3 is 2.35 bits per heavy atom. The largest absolute Gasteiger partial charge is 0.484 e. The molecule has 1 aliphatic rings. The topological polar surface area (TPSA) is 98.9 Å². The van der Waals surface area contributed by atoms with Gasteiger partial charge < -0.3 is 15.2 Å². The number of nitrogens with zero attached hydrogens (tertiary/aromatic N) is 1. The van der Waals surface area contributed by atoms with Crippen molar-refractivity contribution in [2.75, 3.05) is 10.8 Å². The smallest absolute Gasteiger partial charge is 0.407 e. The van der Waals surface area contributed by atoms with Gasteiger partial charge >= 0.3 is 12.1 Å². The van der Waals surface area contributed by atoms with Crippen LogP contribution in [0.2, 0.25) is 0 Å². The lowest BCUT2D eigenvalue weighted by Crippen LogP contribution is -2.57. The van der Waals surface area contributed by atoms with Crippen LogP contribution in [0.15, 0.2) is 47.4 Å². The lowest BCUT2D eigenvalue weighted by Gasteiger charge is -2.38. The molecule has 1 aliphatic heterocycles. The first-order chi connectivity index (χ1) is 15.6. The summed E-state index contributed by atoms with van der Waals surface area (Å²) in [4.78, 5) is 11.9. The third-order valence-corrected chi connectivity index (χ3v) is 6.66. The number of nitrogens with two attached hydrogens (primary N) is 1. The van der Waals surface area contributed by atoms with Gasteiger partial charge in [0.2, 0.25) is 0 Å². The third kappa shape index (κ3) is 5.79. The number of benzene rings is 2. The second kappa shape index (κ2) is 9.06. The SMILES string of the molecule is CC(C)(C)OC(=O)Cc1ccc2c(c1)N(S(=O)(=O)c1ccc(F)cc1)CC(C(N)C(F)(F)F)O2. The molecule has 0 radical (unpaired) electrons. The second-order valence-corrected chi connectivity index (χ2v) is 10.6. The molecule has 7 nitrogen and oxygen atoms in total. The number of hydrogen-bond donors (Lipinski definition) is 1. The summed E-state index contributed by atoms with van der Waals surface area (Å²) in [7, 11) is -4.43. The molecule has 0 spiro atoms. The molecule has 186 valence electrons. The van der Waals surface area contributed by atoms with Crippen LogP contribution in [0.25, 0.3) is 0 Å². The van der Waals surface area contributed by atoms with Crippen molar-refractivity contribution in [2.24, 2.45) is 5.73 Å². The maximum atomic E-state index is 13.3. The summed E-state index contributed by atoms with van der Waals surface area (Å²) in [6.45, 7) is 4.31. The molecular formula is C22H24F4N2O5S. The number of carbonyl (C=O) groups is 1. The Morgan fingerprint density at radius 2 is 1.79 bits per heavy atom. The van der Waals surface area contributed by atoms with Crippen LogP contribution < -0.4 is 14.8 Å². The van der Waals surface area contributed by atoms with Gasteiger partial charge in [-0.1, -0.05) is 6.07 Å².